The van der Waals surface area contributed by atoms with Crippen LogP contribution in [0.25, 0.3) is 0 Å². The van der Waals surface area contributed by atoms with E-state index in [1.807, 2.05) is 6.92 Å². The quantitative estimate of drug-likeness (QED) is 0.623. The predicted octanol–water partition coefficient (Wildman–Crippen LogP) is 1.09. The molecule has 1 saturated carbocycles. The van der Waals surface area contributed by atoms with E-state index in [1.165, 1.54) is 0 Å². The van der Waals surface area contributed by atoms with Gasteiger partial charge in [-0.3, -0.25) is 0 Å². The SMILES string of the molecule is CCCN(C1(CN)CCCC(C)C1)S(=O)(=O)NCCOC. The molecule has 126 valence electrons. The first-order valence-corrected chi connectivity index (χ1v) is 9.32. The predicted molar refractivity (Wildman–Crippen MR) is 85.2 cm³/mol. The van der Waals surface area contributed by atoms with Gasteiger partial charge in [-0.15, -0.1) is 0 Å². The van der Waals surface area contributed by atoms with Crippen LogP contribution < -0.4 is 10.5 Å². The van der Waals surface area contributed by atoms with Crippen molar-refractivity contribution in [2.75, 3.05) is 33.4 Å². The zero-order chi connectivity index (χ0) is 15.9. The van der Waals surface area contributed by atoms with E-state index < -0.39 is 15.7 Å². The minimum Gasteiger partial charge on any atom is -0.383 e. The van der Waals surface area contributed by atoms with Crippen LogP contribution in [0, 0.1) is 5.92 Å². The minimum atomic E-state index is -3.53. The number of rotatable bonds is 9. The number of nitrogens with two attached hydrogens (primary N) is 1. The molecule has 1 aliphatic rings. The first-order valence-electron chi connectivity index (χ1n) is 7.88. The van der Waals surface area contributed by atoms with Crippen LogP contribution in [0.5, 0.6) is 0 Å². The Morgan fingerprint density at radius 2 is 2.19 bits per heavy atom. The maximum Gasteiger partial charge on any atom is 0.280 e. The van der Waals surface area contributed by atoms with E-state index in [0.29, 0.717) is 25.6 Å². The topological polar surface area (TPSA) is 84.7 Å². The summed E-state index contributed by atoms with van der Waals surface area (Å²) >= 11 is 0. The Morgan fingerprint density at radius 3 is 2.71 bits per heavy atom. The summed E-state index contributed by atoms with van der Waals surface area (Å²) < 4.78 is 34.5. The van der Waals surface area contributed by atoms with E-state index in [0.717, 1.165) is 32.1 Å². The number of hydrogen-bond acceptors (Lipinski definition) is 4. The van der Waals surface area contributed by atoms with Crippen LogP contribution in [0.2, 0.25) is 0 Å². The van der Waals surface area contributed by atoms with Crippen LogP contribution in [-0.4, -0.2) is 51.6 Å². The molecule has 0 bridgehead atoms. The Labute approximate surface area is 129 Å². The highest BCUT2D eigenvalue weighted by molar-refractivity contribution is 7.87. The largest absolute Gasteiger partial charge is 0.383 e. The molecule has 1 rings (SSSR count). The van der Waals surface area contributed by atoms with Crippen LogP contribution in [0.1, 0.15) is 46.0 Å². The third kappa shape index (κ3) is 4.89. The molecule has 0 aromatic rings. The molecule has 2 unspecified atom stereocenters. The van der Waals surface area contributed by atoms with Crippen LogP contribution in [-0.2, 0) is 14.9 Å². The third-order valence-corrected chi connectivity index (χ3v) is 6.00. The highest BCUT2D eigenvalue weighted by atomic mass is 32.2. The second-order valence-electron chi connectivity index (χ2n) is 6.09. The van der Waals surface area contributed by atoms with E-state index in [4.69, 9.17) is 10.5 Å². The van der Waals surface area contributed by atoms with Crippen molar-refractivity contribution in [2.45, 2.75) is 51.5 Å². The molecule has 1 fully saturated rings. The summed E-state index contributed by atoms with van der Waals surface area (Å²) in [6.45, 7) is 5.71. The van der Waals surface area contributed by atoms with Crippen LogP contribution in [0.3, 0.4) is 0 Å². The fourth-order valence-corrected chi connectivity index (χ4v) is 4.98. The zero-order valence-electron chi connectivity index (χ0n) is 13.6. The number of ether oxygens (including phenoxy) is 1. The average molecular weight is 321 g/mol. The fourth-order valence-electron chi connectivity index (χ4n) is 3.31. The van der Waals surface area contributed by atoms with Gasteiger partial charge in [0.2, 0.25) is 0 Å². The Balaban J connectivity index is 2.96. The van der Waals surface area contributed by atoms with Crippen molar-refractivity contribution in [1.82, 2.24) is 9.03 Å². The van der Waals surface area contributed by atoms with Crippen LogP contribution >= 0.6 is 0 Å². The van der Waals surface area contributed by atoms with Crippen molar-refractivity contribution in [3.8, 4) is 0 Å². The maximum atomic E-state index is 12.7. The van der Waals surface area contributed by atoms with Gasteiger partial charge in [0, 0.05) is 32.3 Å². The van der Waals surface area contributed by atoms with Gasteiger partial charge in [-0.2, -0.15) is 17.4 Å². The summed E-state index contributed by atoms with van der Waals surface area (Å²) in [5.74, 6) is 0.510. The van der Waals surface area contributed by atoms with Crippen molar-refractivity contribution >= 4 is 10.2 Å². The van der Waals surface area contributed by atoms with E-state index >= 15 is 0 Å². The third-order valence-electron chi connectivity index (χ3n) is 4.28. The molecule has 7 heteroatoms. The molecule has 21 heavy (non-hydrogen) atoms. The van der Waals surface area contributed by atoms with Crippen molar-refractivity contribution in [1.29, 1.82) is 0 Å². The normalized spacial score (nSPS) is 27.2. The Hall–Kier alpha value is -0.210. The van der Waals surface area contributed by atoms with Gasteiger partial charge in [-0.1, -0.05) is 26.7 Å². The molecule has 0 amide bonds. The van der Waals surface area contributed by atoms with Gasteiger partial charge >= 0.3 is 0 Å². The highest BCUT2D eigenvalue weighted by Crippen LogP contribution is 2.37. The highest BCUT2D eigenvalue weighted by Gasteiger charge is 2.44. The van der Waals surface area contributed by atoms with Crippen molar-refractivity contribution in [3.63, 3.8) is 0 Å². The fraction of sp³-hybridized carbons (Fsp3) is 1.00. The number of methoxy groups -OCH3 is 1. The lowest BCUT2D eigenvalue weighted by Crippen LogP contribution is -2.61. The molecule has 6 nitrogen and oxygen atoms in total. The lowest BCUT2D eigenvalue weighted by molar-refractivity contribution is 0.107. The van der Waals surface area contributed by atoms with Gasteiger partial charge in [-0.05, 0) is 25.2 Å². The van der Waals surface area contributed by atoms with Crippen molar-refractivity contribution in [2.24, 2.45) is 11.7 Å². The monoisotopic (exact) mass is 321 g/mol. The maximum absolute atomic E-state index is 12.7. The number of nitrogens with zero attached hydrogens (tertiary/aromatic N) is 1. The summed E-state index contributed by atoms with van der Waals surface area (Å²) in [6.07, 6.45) is 4.65. The van der Waals surface area contributed by atoms with E-state index in [9.17, 15) is 8.42 Å². The smallest absolute Gasteiger partial charge is 0.280 e. The summed E-state index contributed by atoms with van der Waals surface area (Å²) in [4.78, 5) is 0. The molecular formula is C14H31N3O3S. The zero-order valence-corrected chi connectivity index (χ0v) is 14.4. The Kier molecular flexibility index (Phi) is 7.56. The molecule has 1 aliphatic carbocycles. The van der Waals surface area contributed by atoms with E-state index in [-0.39, 0.29) is 6.54 Å². The molecular weight excluding hydrogens is 290 g/mol. The van der Waals surface area contributed by atoms with Crippen LogP contribution in [0.4, 0.5) is 0 Å². The molecule has 2 atom stereocenters. The molecule has 0 saturated heterocycles. The van der Waals surface area contributed by atoms with E-state index in [1.54, 1.807) is 11.4 Å². The number of nitrogens with one attached hydrogen (secondary N) is 1. The molecule has 0 aliphatic heterocycles. The first kappa shape index (κ1) is 18.8. The van der Waals surface area contributed by atoms with Gasteiger partial charge in [0.15, 0.2) is 0 Å². The molecule has 0 aromatic carbocycles. The summed E-state index contributed by atoms with van der Waals surface area (Å²) in [7, 11) is -1.97. The van der Waals surface area contributed by atoms with Gasteiger partial charge in [0.1, 0.15) is 0 Å². The summed E-state index contributed by atoms with van der Waals surface area (Å²) in [5.41, 5.74) is 5.59. The standard InChI is InChI=1S/C14H31N3O3S/c1-4-9-17(21(18,19)16-8-10-20-3)14(12-15)7-5-6-13(2)11-14/h13,16H,4-12,15H2,1-3H3. The summed E-state index contributed by atoms with van der Waals surface area (Å²) in [6, 6.07) is 0. The second kappa shape index (κ2) is 8.43. The van der Waals surface area contributed by atoms with E-state index in [2.05, 4.69) is 11.6 Å². The average Bonchev–Trinajstić information content (AvgIpc) is 2.44. The first-order chi connectivity index (χ1) is 9.91. The molecule has 0 spiro atoms. The number of hydrogen-bond donors (Lipinski definition) is 2. The van der Waals surface area contributed by atoms with Gasteiger partial charge in [0.05, 0.1) is 6.61 Å². The van der Waals surface area contributed by atoms with Crippen molar-refractivity contribution < 1.29 is 13.2 Å². The summed E-state index contributed by atoms with van der Waals surface area (Å²) in [5, 5.41) is 0. The molecule has 0 heterocycles. The second-order valence-corrected chi connectivity index (χ2v) is 7.77. The molecule has 0 aromatic heterocycles. The van der Waals surface area contributed by atoms with Crippen LogP contribution in [0.15, 0.2) is 0 Å². The minimum absolute atomic E-state index is 0.287. The lowest BCUT2D eigenvalue weighted by atomic mass is 9.76. The lowest BCUT2D eigenvalue weighted by Gasteiger charge is -2.46. The van der Waals surface area contributed by atoms with Gasteiger partial charge in [0.25, 0.3) is 10.2 Å². The molecule has 0 radical (unpaired) electrons. The van der Waals surface area contributed by atoms with Gasteiger partial charge < -0.3 is 10.5 Å². The molecule has 3 N–H and O–H groups in total. The Bertz CT molecular complexity index is 402. The van der Waals surface area contributed by atoms with Gasteiger partial charge in [-0.25, -0.2) is 0 Å². The van der Waals surface area contributed by atoms with Crippen molar-refractivity contribution in [3.05, 3.63) is 0 Å². The Morgan fingerprint density at radius 1 is 1.48 bits per heavy atom.